The van der Waals surface area contributed by atoms with Crippen LogP contribution in [0.1, 0.15) is 38.5 Å². The maximum absolute atomic E-state index is 13.1. The molecular formula is C15H20FN3OS. The van der Waals surface area contributed by atoms with E-state index >= 15 is 0 Å². The maximum Gasteiger partial charge on any atom is 0.320 e. The molecule has 0 spiro atoms. The zero-order valence-electron chi connectivity index (χ0n) is 11.8. The van der Waals surface area contributed by atoms with Gasteiger partial charge in [-0.3, -0.25) is 0 Å². The highest BCUT2D eigenvalue weighted by Gasteiger charge is 2.35. The molecule has 0 atom stereocenters. The Morgan fingerprint density at radius 2 is 1.90 bits per heavy atom. The van der Waals surface area contributed by atoms with E-state index in [4.69, 9.17) is 18.0 Å². The summed E-state index contributed by atoms with van der Waals surface area (Å²) < 4.78 is 13.1. The lowest BCUT2D eigenvalue weighted by atomic mass is 9.90. The molecule has 0 aromatic heterocycles. The molecule has 1 aromatic rings. The van der Waals surface area contributed by atoms with Crippen molar-refractivity contribution in [3.05, 3.63) is 30.1 Å². The molecule has 1 aliphatic carbocycles. The largest absolute Gasteiger partial charge is 0.391 e. The Morgan fingerprint density at radius 3 is 2.48 bits per heavy atom. The van der Waals surface area contributed by atoms with Crippen LogP contribution in [-0.4, -0.2) is 16.6 Å². The number of hydrogen-bond acceptors (Lipinski definition) is 2. The predicted molar refractivity (Wildman–Crippen MR) is 85.8 cm³/mol. The molecule has 0 unspecified atom stereocenters. The van der Waals surface area contributed by atoms with Gasteiger partial charge < -0.3 is 16.4 Å². The summed E-state index contributed by atoms with van der Waals surface area (Å²) in [6, 6.07) is 5.35. The van der Waals surface area contributed by atoms with Crippen LogP contribution in [0.3, 0.4) is 0 Å². The first-order valence-electron chi connectivity index (χ1n) is 7.16. The third kappa shape index (κ3) is 4.14. The molecule has 1 saturated carbocycles. The van der Waals surface area contributed by atoms with E-state index in [1.165, 1.54) is 12.1 Å². The first kappa shape index (κ1) is 15.7. The summed E-state index contributed by atoms with van der Waals surface area (Å²) >= 11 is 5.17. The van der Waals surface area contributed by atoms with E-state index in [0.717, 1.165) is 38.5 Å². The van der Waals surface area contributed by atoms with E-state index in [2.05, 4.69) is 10.6 Å². The highest BCUT2D eigenvalue weighted by atomic mass is 32.1. The van der Waals surface area contributed by atoms with Crippen molar-refractivity contribution in [1.29, 1.82) is 0 Å². The van der Waals surface area contributed by atoms with Crippen molar-refractivity contribution in [2.75, 3.05) is 5.32 Å². The zero-order valence-corrected chi connectivity index (χ0v) is 12.6. The number of nitrogens with two attached hydrogens (primary N) is 1. The fourth-order valence-electron chi connectivity index (χ4n) is 2.71. The third-order valence-electron chi connectivity index (χ3n) is 3.86. The van der Waals surface area contributed by atoms with Crippen LogP contribution in [0, 0.1) is 5.82 Å². The van der Waals surface area contributed by atoms with Crippen LogP contribution in [0.15, 0.2) is 24.3 Å². The molecule has 1 aliphatic rings. The van der Waals surface area contributed by atoms with E-state index in [1.54, 1.807) is 12.1 Å². The zero-order chi connectivity index (χ0) is 15.3. The van der Waals surface area contributed by atoms with Crippen LogP contribution in [0.4, 0.5) is 14.9 Å². The molecule has 4 nitrogen and oxygen atoms in total. The molecule has 114 valence electrons. The second-order valence-corrected chi connectivity index (χ2v) is 5.89. The Hall–Kier alpha value is -1.69. The van der Waals surface area contributed by atoms with Gasteiger partial charge in [0.1, 0.15) is 5.82 Å². The first-order chi connectivity index (χ1) is 10.0. The molecule has 1 aromatic carbocycles. The van der Waals surface area contributed by atoms with E-state index < -0.39 is 17.4 Å². The molecule has 0 saturated heterocycles. The molecular weight excluding hydrogens is 289 g/mol. The minimum atomic E-state index is -0.636. The number of urea groups is 1. The molecule has 4 N–H and O–H groups in total. The Kier molecular flexibility index (Phi) is 5.12. The number of carbonyl (C=O) groups is 1. The minimum absolute atomic E-state index is 0.318. The second-order valence-electron chi connectivity index (χ2n) is 5.45. The second kappa shape index (κ2) is 6.85. The smallest absolute Gasteiger partial charge is 0.320 e. The highest BCUT2D eigenvalue weighted by Crippen LogP contribution is 2.27. The van der Waals surface area contributed by atoms with Crippen LogP contribution >= 0.6 is 12.2 Å². The third-order valence-corrected chi connectivity index (χ3v) is 4.25. The van der Waals surface area contributed by atoms with Crippen molar-refractivity contribution in [2.24, 2.45) is 5.73 Å². The van der Waals surface area contributed by atoms with Gasteiger partial charge in [0.05, 0.1) is 10.5 Å². The SMILES string of the molecule is NC(=S)C1(NC(=O)Nc2cccc(F)c2)CCCCCC1. The van der Waals surface area contributed by atoms with Gasteiger partial charge in [-0.2, -0.15) is 0 Å². The predicted octanol–water partition coefficient (Wildman–Crippen LogP) is 3.33. The van der Waals surface area contributed by atoms with Crippen molar-refractivity contribution in [3.63, 3.8) is 0 Å². The summed E-state index contributed by atoms with van der Waals surface area (Å²) in [5.74, 6) is -0.397. The standard InChI is InChI=1S/C15H20FN3OS/c16-11-6-5-7-12(10-11)18-14(20)19-15(13(17)21)8-3-1-2-4-9-15/h5-7,10H,1-4,8-9H2,(H2,17,21)(H2,18,19,20). The number of amides is 2. The molecule has 0 heterocycles. The van der Waals surface area contributed by atoms with Crippen molar-refractivity contribution >= 4 is 28.9 Å². The minimum Gasteiger partial charge on any atom is -0.391 e. The van der Waals surface area contributed by atoms with Crippen LogP contribution in [-0.2, 0) is 0 Å². The van der Waals surface area contributed by atoms with E-state index in [9.17, 15) is 9.18 Å². The summed E-state index contributed by atoms with van der Waals surface area (Å²) in [6.07, 6.45) is 5.71. The number of anilines is 1. The van der Waals surface area contributed by atoms with Gasteiger partial charge in [-0.25, -0.2) is 9.18 Å². The summed E-state index contributed by atoms with van der Waals surface area (Å²) in [6.45, 7) is 0. The summed E-state index contributed by atoms with van der Waals surface area (Å²) in [5, 5.41) is 5.53. The molecule has 0 aliphatic heterocycles. The molecule has 1 fully saturated rings. The Morgan fingerprint density at radius 1 is 1.24 bits per heavy atom. The lowest BCUT2D eigenvalue weighted by molar-refractivity contribution is 0.242. The number of halogens is 1. The normalized spacial score (nSPS) is 17.6. The monoisotopic (exact) mass is 309 g/mol. The van der Waals surface area contributed by atoms with E-state index in [0.29, 0.717) is 10.7 Å². The van der Waals surface area contributed by atoms with E-state index in [1.807, 2.05) is 0 Å². The Balaban J connectivity index is 2.06. The molecule has 0 bridgehead atoms. The van der Waals surface area contributed by atoms with Crippen LogP contribution in [0.2, 0.25) is 0 Å². The van der Waals surface area contributed by atoms with Gasteiger partial charge in [0.2, 0.25) is 0 Å². The summed E-state index contributed by atoms with van der Waals surface area (Å²) in [4.78, 5) is 12.5. The number of rotatable bonds is 3. The number of carbonyl (C=O) groups excluding carboxylic acids is 1. The molecule has 21 heavy (non-hydrogen) atoms. The lowest BCUT2D eigenvalue weighted by Crippen LogP contribution is -2.57. The maximum atomic E-state index is 13.1. The molecule has 2 amide bonds. The lowest BCUT2D eigenvalue weighted by Gasteiger charge is -2.32. The fourth-order valence-corrected chi connectivity index (χ4v) is 2.97. The van der Waals surface area contributed by atoms with Crippen LogP contribution < -0.4 is 16.4 Å². The molecule has 2 rings (SSSR count). The summed E-state index contributed by atoms with van der Waals surface area (Å²) in [5.41, 5.74) is 5.63. The number of hydrogen-bond donors (Lipinski definition) is 3. The van der Waals surface area contributed by atoms with Gasteiger partial charge >= 0.3 is 6.03 Å². The van der Waals surface area contributed by atoms with Crippen molar-refractivity contribution < 1.29 is 9.18 Å². The number of benzene rings is 1. The average Bonchev–Trinajstić information content (AvgIpc) is 2.65. The van der Waals surface area contributed by atoms with Crippen molar-refractivity contribution in [3.8, 4) is 0 Å². The van der Waals surface area contributed by atoms with Crippen molar-refractivity contribution in [1.82, 2.24) is 5.32 Å². The average molecular weight is 309 g/mol. The molecule has 6 heteroatoms. The molecule has 0 radical (unpaired) electrons. The van der Waals surface area contributed by atoms with Gasteiger partial charge in [0.25, 0.3) is 0 Å². The van der Waals surface area contributed by atoms with Crippen molar-refractivity contribution in [2.45, 2.75) is 44.1 Å². The topological polar surface area (TPSA) is 67.1 Å². The van der Waals surface area contributed by atoms with Crippen LogP contribution in [0.5, 0.6) is 0 Å². The number of nitrogens with one attached hydrogen (secondary N) is 2. The van der Waals surface area contributed by atoms with Crippen LogP contribution in [0.25, 0.3) is 0 Å². The van der Waals surface area contributed by atoms with Gasteiger partial charge in [-0.05, 0) is 31.0 Å². The highest BCUT2D eigenvalue weighted by molar-refractivity contribution is 7.80. The van der Waals surface area contributed by atoms with Gasteiger partial charge in [0.15, 0.2) is 0 Å². The summed E-state index contributed by atoms with van der Waals surface area (Å²) in [7, 11) is 0. The number of thiocarbonyl (C=S) groups is 1. The van der Waals surface area contributed by atoms with Gasteiger partial charge in [-0.15, -0.1) is 0 Å². The Bertz CT molecular complexity index is 527. The quantitative estimate of drug-likeness (QED) is 0.592. The first-order valence-corrected chi connectivity index (χ1v) is 7.57. The van der Waals surface area contributed by atoms with Gasteiger partial charge in [0, 0.05) is 5.69 Å². The Labute approximate surface area is 129 Å². The van der Waals surface area contributed by atoms with Gasteiger partial charge in [-0.1, -0.05) is 44.0 Å². The fraction of sp³-hybridized carbons (Fsp3) is 0.467. The van der Waals surface area contributed by atoms with E-state index in [-0.39, 0.29) is 0 Å².